The number of carbonyl (C=O) groups excluding carboxylic acids is 1. The average Bonchev–Trinajstić information content (AvgIpc) is 3.17. The minimum atomic E-state index is -0.718. The molecule has 2 aromatic rings. The van der Waals surface area contributed by atoms with Crippen molar-refractivity contribution in [1.82, 2.24) is 14.5 Å². The molecule has 1 atom stereocenters. The molecule has 6 nitrogen and oxygen atoms in total. The van der Waals surface area contributed by atoms with Gasteiger partial charge in [0.05, 0.1) is 26.1 Å². The number of nitrogens with zero attached hydrogens (tertiary/aromatic N) is 3. The molecule has 0 spiro atoms. The first-order valence-electron chi connectivity index (χ1n) is 9.15. The summed E-state index contributed by atoms with van der Waals surface area (Å²) in [5.74, 6) is 0.121. The van der Waals surface area contributed by atoms with Crippen LogP contribution in [0.1, 0.15) is 24.0 Å². The fraction of sp³-hybridized carbons (Fsp3) is 0.500. The Morgan fingerprint density at radius 3 is 2.96 bits per heavy atom. The van der Waals surface area contributed by atoms with Crippen molar-refractivity contribution in [2.45, 2.75) is 38.3 Å². The third kappa shape index (κ3) is 4.51. The van der Waals surface area contributed by atoms with Crippen molar-refractivity contribution in [3.05, 3.63) is 54.1 Å². The molecule has 1 fully saturated rings. The number of amides is 1. The summed E-state index contributed by atoms with van der Waals surface area (Å²) >= 11 is 0. The molecule has 1 aromatic heterocycles. The molecule has 1 aliphatic heterocycles. The summed E-state index contributed by atoms with van der Waals surface area (Å²) in [6.45, 7) is 4.22. The van der Waals surface area contributed by atoms with Gasteiger partial charge in [-0.2, -0.15) is 0 Å². The predicted octanol–water partition coefficient (Wildman–Crippen LogP) is 1.80. The van der Waals surface area contributed by atoms with E-state index in [2.05, 4.69) is 24.0 Å². The lowest BCUT2D eigenvalue weighted by Crippen LogP contribution is -2.56. The van der Waals surface area contributed by atoms with E-state index in [1.807, 2.05) is 27.8 Å². The van der Waals surface area contributed by atoms with Gasteiger partial charge in [0.1, 0.15) is 5.60 Å². The number of hydrogen-bond acceptors (Lipinski definition) is 4. The molecule has 1 saturated heterocycles. The SMILES string of the molecule is Cc1ccccc1C[C@]1(CO)CN(C(=O)CCCn2ccnc2)CCO1. The Hall–Kier alpha value is -2.18. The molecule has 0 aliphatic carbocycles. The highest BCUT2D eigenvalue weighted by Crippen LogP contribution is 2.25. The number of aryl methyl sites for hydroxylation is 2. The van der Waals surface area contributed by atoms with Crippen LogP contribution in [0.25, 0.3) is 0 Å². The van der Waals surface area contributed by atoms with E-state index >= 15 is 0 Å². The topological polar surface area (TPSA) is 67.6 Å². The van der Waals surface area contributed by atoms with Gasteiger partial charge in [-0.1, -0.05) is 24.3 Å². The Balaban J connectivity index is 1.59. The normalized spacial score (nSPS) is 20.3. The van der Waals surface area contributed by atoms with E-state index < -0.39 is 5.60 Å². The van der Waals surface area contributed by atoms with Crippen LogP contribution in [0.2, 0.25) is 0 Å². The number of hydrogen-bond donors (Lipinski definition) is 1. The number of aliphatic hydroxyl groups is 1. The third-order valence-corrected chi connectivity index (χ3v) is 5.03. The van der Waals surface area contributed by atoms with Crippen LogP contribution in [-0.2, 0) is 22.5 Å². The molecular formula is C20H27N3O3. The fourth-order valence-electron chi connectivity index (χ4n) is 3.46. The van der Waals surface area contributed by atoms with Gasteiger partial charge >= 0.3 is 0 Å². The summed E-state index contributed by atoms with van der Waals surface area (Å²) in [6.07, 6.45) is 7.27. The quantitative estimate of drug-likeness (QED) is 0.821. The lowest BCUT2D eigenvalue weighted by molar-refractivity contribution is -0.158. The van der Waals surface area contributed by atoms with E-state index in [0.717, 1.165) is 18.5 Å². The van der Waals surface area contributed by atoms with Gasteiger partial charge in [-0.15, -0.1) is 0 Å². The number of aliphatic hydroxyl groups excluding tert-OH is 1. The molecule has 0 unspecified atom stereocenters. The van der Waals surface area contributed by atoms with E-state index in [1.54, 1.807) is 12.5 Å². The van der Waals surface area contributed by atoms with E-state index in [-0.39, 0.29) is 12.5 Å². The van der Waals surface area contributed by atoms with Gasteiger partial charge in [0.2, 0.25) is 5.91 Å². The van der Waals surface area contributed by atoms with Gasteiger partial charge in [0.15, 0.2) is 0 Å². The van der Waals surface area contributed by atoms with Gasteiger partial charge in [0.25, 0.3) is 0 Å². The van der Waals surface area contributed by atoms with E-state index in [0.29, 0.717) is 32.5 Å². The van der Waals surface area contributed by atoms with Crippen molar-refractivity contribution in [2.75, 3.05) is 26.3 Å². The molecule has 1 aromatic carbocycles. The maximum absolute atomic E-state index is 12.6. The van der Waals surface area contributed by atoms with Gasteiger partial charge in [0, 0.05) is 38.3 Å². The zero-order chi connectivity index (χ0) is 18.4. The Morgan fingerprint density at radius 2 is 2.23 bits per heavy atom. The van der Waals surface area contributed by atoms with Crippen LogP contribution in [0, 0.1) is 6.92 Å². The molecule has 0 bridgehead atoms. The summed E-state index contributed by atoms with van der Waals surface area (Å²) in [5, 5.41) is 10.0. The zero-order valence-electron chi connectivity index (χ0n) is 15.3. The highest BCUT2D eigenvalue weighted by Gasteiger charge is 2.38. The predicted molar refractivity (Wildman–Crippen MR) is 98.7 cm³/mol. The van der Waals surface area contributed by atoms with Crippen molar-refractivity contribution in [3.63, 3.8) is 0 Å². The van der Waals surface area contributed by atoms with Crippen molar-refractivity contribution < 1.29 is 14.6 Å². The second kappa shape index (κ2) is 8.47. The van der Waals surface area contributed by atoms with Gasteiger partial charge in [-0.3, -0.25) is 4.79 Å². The summed E-state index contributed by atoms with van der Waals surface area (Å²) in [7, 11) is 0. The Labute approximate surface area is 154 Å². The number of rotatable bonds is 7. The Kier molecular flexibility index (Phi) is 6.06. The van der Waals surface area contributed by atoms with Gasteiger partial charge in [-0.05, 0) is 24.5 Å². The Bertz CT molecular complexity index is 717. The van der Waals surface area contributed by atoms with Crippen molar-refractivity contribution >= 4 is 5.91 Å². The maximum atomic E-state index is 12.6. The maximum Gasteiger partial charge on any atom is 0.222 e. The second-order valence-electron chi connectivity index (χ2n) is 7.01. The van der Waals surface area contributed by atoms with Crippen LogP contribution in [0.15, 0.2) is 43.0 Å². The fourth-order valence-corrected chi connectivity index (χ4v) is 3.46. The van der Waals surface area contributed by atoms with E-state index in [4.69, 9.17) is 4.74 Å². The summed E-state index contributed by atoms with van der Waals surface area (Å²) in [4.78, 5) is 18.5. The molecule has 140 valence electrons. The summed E-state index contributed by atoms with van der Waals surface area (Å²) < 4.78 is 7.94. The van der Waals surface area contributed by atoms with Gasteiger partial charge < -0.3 is 19.3 Å². The van der Waals surface area contributed by atoms with E-state index in [9.17, 15) is 9.90 Å². The smallest absolute Gasteiger partial charge is 0.222 e. The van der Waals surface area contributed by atoms with Crippen LogP contribution >= 0.6 is 0 Å². The molecule has 3 rings (SSSR count). The molecule has 1 aliphatic rings. The molecule has 6 heteroatoms. The number of imidazole rings is 1. The molecule has 1 N–H and O–H groups in total. The standard InChI is InChI=1S/C20H27N3O3/c1-17-5-2-3-6-18(17)13-20(15-24)14-23(11-12-26-20)19(25)7-4-9-22-10-8-21-16-22/h2-3,5-6,8,10,16,24H,4,7,9,11-15H2,1H3/t20-/m1/s1. The largest absolute Gasteiger partial charge is 0.393 e. The molecule has 0 saturated carbocycles. The van der Waals surface area contributed by atoms with Crippen LogP contribution in [0.3, 0.4) is 0 Å². The number of ether oxygens (including phenoxy) is 1. The molecule has 2 heterocycles. The van der Waals surface area contributed by atoms with Gasteiger partial charge in [-0.25, -0.2) is 4.98 Å². The minimum absolute atomic E-state index is 0.0971. The average molecular weight is 357 g/mol. The Morgan fingerprint density at radius 1 is 1.38 bits per heavy atom. The highest BCUT2D eigenvalue weighted by molar-refractivity contribution is 5.76. The zero-order valence-corrected chi connectivity index (χ0v) is 15.3. The van der Waals surface area contributed by atoms with Crippen LogP contribution < -0.4 is 0 Å². The number of carbonyl (C=O) groups is 1. The van der Waals surface area contributed by atoms with Crippen LogP contribution in [0.4, 0.5) is 0 Å². The number of benzene rings is 1. The molecule has 1 amide bonds. The minimum Gasteiger partial charge on any atom is -0.393 e. The third-order valence-electron chi connectivity index (χ3n) is 5.03. The van der Waals surface area contributed by atoms with Crippen LogP contribution in [0.5, 0.6) is 0 Å². The van der Waals surface area contributed by atoms with Crippen molar-refractivity contribution in [3.8, 4) is 0 Å². The lowest BCUT2D eigenvalue weighted by atomic mass is 9.91. The highest BCUT2D eigenvalue weighted by atomic mass is 16.5. The van der Waals surface area contributed by atoms with Crippen LogP contribution in [-0.4, -0.2) is 57.4 Å². The number of morpholine rings is 1. The molecular weight excluding hydrogens is 330 g/mol. The monoisotopic (exact) mass is 357 g/mol. The second-order valence-corrected chi connectivity index (χ2v) is 7.01. The number of aromatic nitrogens is 2. The first-order valence-corrected chi connectivity index (χ1v) is 9.15. The molecule has 26 heavy (non-hydrogen) atoms. The lowest BCUT2D eigenvalue weighted by Gasteiger charge is -2.42. The summed E-state index contributed by atoms with van der Waals surface area (Å²) in [6, 6.07) is 8.11. The summed E-state index contributed by atoms with van der Waals surface area (Å²) in [5.41, 5.74) is 1.60. The van der Waals surface area contributed by atoms with Crippen molar-refractivity contribution in [1.29, 1.82) is 0 Å². The molecule has 0 radical (unpaired) electrons. The first kappa shape index (κ1) is 18.6. The van der Waals surface area contributed by atoms with Crippen molar-refractivity contribution in [2.24, 2.45) is 0 Å². The van der Waals surface area contributed by atoms with E-state index in [1.165, 1.54) is 5.56 Å². The first-order chi connectivity index (χ1) is 12.6.